The van der Waals surface area contributed by atoms with Gasteiger partial charge in [-0.3, -0.25) is 4.79 Å². The number of hydrogen-bond acceptors (Lipinski definition) is 7. The SMILES string of the molecule is CCOC(=O)C1=C(C)N=C2SC=C(CC(=O)NCCc3cccs3)N2[C@@H]1c1ccccc1F. The number of rotatable bonds is 8. The molecule has 2 aromatic rings. The highest BCUT2D eigenvalue weighted by Gasteiger charge is 2.42. The molecular formula is C24H24FN3O3S2. The van der Waals surface area contributed by atoms with Gasteiger partial charge in [-0.2, -0.15) is 0 Å². The highest BCUT2D eigenvalue weighted by Crippen LogP contribution is 2.45. The molecule has 0 saturated heterocycles. The van der Waals surface area contributed by atoms with Crippen molar-refractivity contribution in [3.05, 3.63) is 80.4 Å². The Morgan fingerprint density at radius 2 is 2.06 bits per heavy atom. The highest BCUT2D eigenvalue weighted by atomic mass is 32.2. The van der Waals surface area contributed by atoms with E-state index >= 15 is 0 Å². The Morgan fingerprint density at radius 3 is 2.79 bits per heavy atom. The van der Waals surface area contributed by atoms with E-state index in [4.69, 9.17) is 4.74 Å². The summed E-state index contributed by atoms with van der Waals surface area (Å²) >= 11 is 3.01. The number of carbonyl (C=O) groups is 2. The highest BCUT2D eigenvalue weighted by molar-refractivity contribution is 8.16. The minimum absolute atomic E-state index is 0.0938. The average Bonchev–Trinajstić information content (AvgIpc) is 3.44. The van der Waals surface area contributed by atoms with Crippen LogP contribution in [0.3, 0.4) is 0 Å². The third-order valence-corrected chi connectivity index (χ3v) is 7.14. The van der Waals surface area contributed by atoms with Crippen molar-refractivity contribution in [2.75, 3.05) is 13.2 Å². The van der Waals surface area contributed by atoms with Crippen LogP contribution in [0, 0.1) is 5.82 Å². The summed E-state index contributed by atoms with van der Waals surface area (Å²) in [6, 6.07) is 9.60. The minimum atomic E-state index is -0.766. The lowest BCUT2D eigenvalue weighted by Crippen LogP contribution is -2.38. The number of fused-ring (bicyclic) bond motifs is 1. The number of halogens is 1. The second-order valence-electron chi connectivity index (χ2n) is 7.49. The third kappa shape index (κ3) is 5.04. The van der Waals surface area contributed by atoms with Crippen LogP contribution in [0.1, 0.15) is 36.8 Å². The predicted molar refractivity (Wildman–Crippen MR) is 129 cm³/mol. The zero-order valence-electron chi connectivity index (χ0n) is 18.3. The van der Waals surface area contributed by atoms with Crippen molar-refractivity contribution in [1.29, 1.82) is 0 Å². The van der Waals surface area contributed by atoms with E-state index in [0.29, 0.717) is 28.7 Å². The number of nitrogens with one attached hydrogen (secondary N) is 1. The molecule has 0 spiro atoms. The van der Waals surface area contributed by atoms with Crippen LogP contribution in [0.4, 0.5) is 4.39 Å². The summed E-state index contributed by atoms with van der Waals surface area (Å²) in [6.45, 7) is 4.17. The molecule has 0 aliphatic carbocycles. The van der Waals surface area contributed by atoms with Crippen molar-refractivity contribution in [3.8, 4) is 0 Å². The maximum atomic E-state index is 14.9. The smallest absolute Gasteiger partial charge is 0.338 e. The number of benzene rings is 1. The minimum Gasteiger partial charge on any atom is -0.463 e. The molecule has 1 aromatic heterocycles. The van der Waals surface area contributed by atoms with Crippen LogP contribution in [-0.2, 0) is 20.7 Å². The van der Waals surface area contributed by atoms with E-state index in [1.165, 1.54) is 22.7 Å². The molecule has 0 fully saturated rings. The van der Waals surface area contributed by atoms with Crippen LogP contribution in [0.15, 0.2) is 69.1 Å². The Labute approximate surface area is 200 Å². The van der Waals surface area contributed by atoms with Gasteiger partial charge in [-0.25, -0.2) is 14.2 Å². The number of allylic oxidation sites excluding steroid dienone is 1. The molecule has 0 unspecified atom stereocenters. The Hall–Kier alpha value is -2.91. The number of aliphatic imine (C=N–C) groups is 1. The Bertz CT molecular complexity index is 1140. The van der Waals surface area contributed by atoms with Crippen LogP contribution in [0.25, 0.3) is 0 Å². The fraction of sp³-hybridized carbons (Fsp3) is 0.292. The molecule has 2 aliphatic rings. The molecule has 33 heavy (non-hydrogen) atoms. The van der Waals surface area contributed by atoms with Gasteiger partial charge in [0.25, 0.3) is 0 Å². The number of esters is 1. The molecule has 1 aromatic carbocycles. The zero-order valence-corrected chi connectivity index (χ0v) is 20.0. The second-order valence-corrected chi connectivity index (χ2v) is 9.36. The quantitative estimate of drug-likeness (QED) is 0.545. The van der Waals surface area contributed by atoms with Gasteiger partial charge < -0.3 is 15.0 Å². The van der Waals surface area contributed by atoms with E-state index in [-0.39, 0.29) is 24.5 Å². The Morgan fingerprint density at radius 1 is 1.24 bits per heavy atom. The average molecular weight is 486 g/mol. The van der Waals surface area contributed by atoms with Crippen molar-refractivity contribution in [1.82, 2.24) is 10.2 Å². The number of thiophene rings is 1. The summed E-state index contributed by atoms with van der Waals surface area (Å²) in [5, 5.41) is 7.40. The fourth-order valence-electron chi connectivity index (χ4n) is 3.84. The Balaban J connectivity index is 1.58. The van der Waals surface area contributed by atoms with E-state index in [9.17, 15) is 14.0 Å². The molecule has 6 nitrogen and oxygen atoms in total. The molecule has 1 amide bonds. The number of thioether (sulfide) groups is 1. The van der Waals surface area contributed by atoms with Crippen molar-refractivity contribution >= 4 is 40.1 Å². The Kier molecular flexibility index (Phi) is 7.29. The molecule has 0 radical (unpaired) electrons. The molecule has 9 heteroatoms. The molecule has 0 saturated carbocycles. The molecule has 0 bridgehead atoms. The van der Waals surface area contributed by atoms with Crippen molar-refractivity contribution in [3.63, 3.8) is 0 Å². The maximum absolute atomic E-state index is 14.9. The standard InChI is InChI=1S/C24H24FN3O3S2/c1-3-31-23(30)21-15(2)27-24-28(22(21)18-8-4-5-9-19(18)25)16(14-33-24)13-20(29)26-11-10-17-7-6-12-32-17/h4-9,12,14,22H,3,10-11,13H2,1-2H3,(H,26,29)/t22-/m1/s1. The van der Waals surface area contributed by atoms with Gasteiger partial charge in [-0.15, -0.1) is 11.3 Å². The van der Waals surface area contributed by atoms with Gasteiger partial charge in [0.1, 0.15) is 5.82 Å². The lowest BCUT2D eigenvalue weighted by Gasteiger charge is -2.36. The monoisotopic (exact) mass is 485 g/mol. The number of amidine groups is 1. The maximum Gasteiger partial charge on any atom is 0.338 e. The van der Waals surface area contributed by atoms with Gasteiger partial charge in [0.2, 0.25) is 5.91 Å². The van der Waals surface area contributed by atoms with Gasteiger partial charge in [0.15, 0.2) is 5.17 Å². The summed E-state index contributed by atoms with van der Waals surface area (Å²) in [7, 11) is 0. The van der Waals surface area contributed by atoms with E-state index in [2.05, 4.69) is 10.3 Å². The first-order chi connectivity index (χ1) is 16.0. The van der Waals surface area contributed by atoms with E-state index in [1.54, 1.807) is 48.3 Å². The molecule has 1 N–H and O–H groups in total. The van der Waals surface area contributed by atoms with Crippen LogP contribution >= 0.6 is 23.1 Å². The first-order valence-electron chi connectivity index (χ1n) is 10.6. The van der Waals surface area contributed by atoms with Crippen LogP contribution in [0.5, 0.6) is 0 Å². The number of carbonyl (C=O) groups excluding carboxylic acids is 2. The molecule has 4 rings (SSSR count). The summed E-state index contributed by atoms with van der Waals surface area (Å²) in [6.07, 6.45) is 0.858. The van der Waals surface area contributed by atoms with Gasteiger partial charge >= 0.3 is 5.97 Å². The van der Waals surface area contributed by atoms with Crippen molar-refractivity contribution < 1.29 is 18.7 Å². The van der Waals surface area contributed by atoms with Crippen LogP contribution < -0.4 is 5.32 Å². The third-order valence-electron chi connectivity index (χ3n) is 5.31. The van der Waals surface area contributed by atoms with E-state index < -0.39 is 17.8 Å². The lowest BCUT2D eigenvalue weighted by molar-refractivity contribution is -0.139. The van der Waals surface area contributed by atoms with E-state index in [1.807, 2.05) is 22.9 Å². The van der Waals surface area contributed by atoms with Gasteiger partial charge in [-0.1, -0.05) is 36.0 Å². The molecule has 1 atom stereocenters. The van der Waals surface area contributed by atoms with Crippen LogP contribution in [0.2, 0.25) is 0 Å². The summed E-state index contributed by atoms with van der Waals surface area (Å²) in [5.41, 5.74) is 1.75. The molecule has 3 heterocycles. The fourth-order valence-corrected chi connectivity index (χ4v) is 5.51. The van der Waals surface area contributed by atoms with E-state index in [0.717, 1.165) is 6.42 Å². The summed E-state index contributed by atoms with van der Waals surface area (Å²) < 4.78 is 20.2. The van der Waals surface area contributed by atoms with Crippen LogP contribution in [-0.4, -0.2) is 35.1 Å². The topological polar surface area (TPSA) is 71.0 Å². The number of nitrogens with zero attached hydrogens (tertiary/aromatic N) is 2. The van der Waals surface area contributed by atoms with Gasteiger partial charge in [-0.05, 0) is 43.2 Å². The zero-order chi connectivity index (χ0) is 23.4. The second kappa shape index (κ2) is 10.4. The predicted octanol–water partition coefficient (Wildman–Crippen LogP) is 4.77. The summed E-state index contributed by atoms with van der Waals surface area (Å²) in [4.78, 5) is 33.1. The molecule has 172 valence electrons. The normalized spacial score (nSPS) is 17.4. The number of hydrogen-bond donors (Lipinski definition) is 1. The first kappa shape index (κ1) is 23.3. The van der Waals surface area contributed by atoms with Gasteiger partial charge in [0, 0.05) is 22.7 Å². The van der Waals surface area contributed by atoms with Gasteiger partial charge in [0.05, 0.1) is 30.3 Å². The van der Waals surface area contributed by atoms with Crippen molar-refractivity contribution in [2.24, 2.45) is 4.99 Å². The molecular weight excluding hydrogens is 461 g/mol. The largest absolute Gasteiger partial charge is 0.463 e. The van der Waals surface area contributed by atoms with Crippen molar-refractivity contribution in [2.45, 2.75) is 32.7 Å². The lowest BCUT2D eigenvalue weighted by atomic mass is 9.93. The summed E-state index contributed by atoms with van der Waals surface area (Å²) in [5.74, 6) is -1.12. The number of ether oxygens (including phenoxy) is 1. The first-order valence-corrected chi connectivity index (χ1v) is 12.4. The number of amides is 1. The molecule has 2 aliphatic heterocycles.